The third kappa shape index (κ3) is 3.34. The van der Waals surface area contributed by atoms with Gasteiger partial charge >= 0.3 is 0 Å². The number of amides is 1. The Labute approximate surface area is 148 Å². The Balaban J connectivity index is 1.70. The number of aromatic amines is 1. The molecule has 0 spiro atoms. The molecule has 3 heterocycles. The first-order chi connectivity index (χ1) is 11.9. The lowest BCUT2D eigenvalue weighted by Crippen LogP contribution is -2.28. The molecule has 25 heavy (non-hydrogen) atoms. The number of fused-ring (bicyclic) bond motifs is 1. The molecule has 0 aromatic carbocycles. The molecule has 3 aromatic heterocycles. The highest BCUT2D eigenvalue weighted by molar-refractivity contribution is 7.18. The minimum absolute atomic E-state index is 0.0778. The van der Waals surface area contributed by atoms with Crippen LogP contribution >= 0.6 is 11.3 Å². The molecule has 0 radical (unpaired) electrons. The van der Waals surface area contributed by atoms with Crippen LogP contribution in [0.5, 0.6) is 0 Å². The van der Waals surface area contributed by atoms with Crippen molar-refractivity contribution in [3.8, 4) is 0 Å². The molecule has 0 saturated heterocycles. The van der Waals surface area contributed by atoms with Crippen molar-refractivity contribution in [2.45, 2.75) is 40.0 Å². The van der Waals surface area contributed by atoms with E-state index in [4.69, 9.17) is 4.42 Å². The standard InChI is InChI=1S/C17H20N4O3S/c1-8(2)14-13(19-7-24-14)16(23)18-6-5-11-20-15(22)12-9(3)10(4)25-17(12)21-11/h7-8H,5-6H2,1-4H3,(H,18,23)(H,20,21,22). The van der Waals surface area contributed by atoms with Gasteiger partial charge in [-0.05, 0) is 19.4 Å². The van der Waals surface area contributed by atoms with Crippen molar-refractivity contribution in [3.05, 3.63) is 44.5 Å². The number of H-pyrrole nitrogens is 1. The van der Waals surface area contributed by atoms with Gasteiger partial charge in [-0.2, -0.15) is 0 Å². The SMILES string of the molecule is Cc1sc2nc(CCNC(=O)c3ncoc3C(C)C)[nH]c(=O)c2c1C. The van der Waals surface area contributed by atoms with Crippen molar-refractivity contribution in [3.63, 3.8) is 0 Å². The molecule has 0 bridgehead atoms. The number of oxazole rings is 1. The van der Waals surface area contributed by atoms with E-state index in [0.717, 1.165) is 15.3 Å². The first kappa shape index (κ1) is 17.3. The maximum Gasteiger partial charge on any atom is 0.273 e. The number of nitrogens with zero attached hydrogens (tertiary/aromatic N) is 2. The quantitative estimate of drug-likeness (QED) is 0.728. The van der Waals surface area contributed by atoms with E-state index in [9.17, 15) is 9.59 Å². The molecule has 0 saturated carbocycles. The van der Waals surface area contributed by atoms with Gasteiger partial charge in [0, 0.05) is 23.8 Å². The number of nitrogens with one attached hydrogen (secondary N) is 2. The van der Waals surface area contributed by atoms with Crippen LogP contribution in [0, 0.1) is 13.8 Å². The second-order valence-electron chi connectivity index (χ2n) is 6.20. The average Bonchev–Trinajstić information content (AvgIpc) is 3.13. The molecule has 7 nitrogen and oxygen atoms in total. The monoisotopic (exact) mass is 360 g/mol. The fraction of sp³-hybridized carbons (Fsp3) is 0.412. The van der Waals surface area contributed by atoms with Gasteiger partial charge in [0.05, 0.1) is 5.39 Å². The summed E-state index contributed by atoms with van der Waals surface area (Å²) in [4.78, 5) is 37.6. The number of hydrogen-bond donors (Lipinski definition) is 2. The van der Waals surface area contributed by atoms with E-state index in [-0.39, 0.29) is 17.4 Å². The highest BCUT2D eigenvalue weighted by Gasteiger charge is 2.19. The van der Waals surface area contributed by atoms with Crippen molar-refractivity contribution in [1.82, 2.24) is 20.3 Å². The van der Waals surface area contributed by atoms with Crippen LogP contribution in [0.4, 0.5) is 0 Å². The number of carbonyl (C=O) groups excluding carboxylic acids is 1. The molecule has 0 fully saturated rings. The normalized spacial score (nSPS) is 11.4. The summed E-state index contributed by atoms with van der Waals surface area (Å²) in [6.07, 6.45) is 1.71. The van der Waals surface area contributed by atoms with Gasteiger partial charge in [-0.3, -0.25) is 9.59 Å². The van der Waals surface area contributed by atoms with Crippen LogP contribution < -0.4 is 10.9 Å². The Kier molecular flexibility index (Phi) is 4.71. The van der Waals surface area contributed by atoms with E-state index < -0.39 is 0 Å². The number of aryl methyl sites for hydroxylation is 2. The summed E-state index contributed by atoms with van der Waals surface area (Å²) in [6.45, 7) is 8.12. The summed E-state index contributed by atoms with van der Waals surface area (Å²) in [5.41, 5.74) is 1.14. The highest BCUT2D eigenvalue weighted by atomic mass is 32.1. The van der Waals surface area contributed by atoms with Crippen LogP contribution in [0.2, 0.25) is 0 Å². The average molecular weight is 360 g/mol. The van der Waals surface area contributed by atoms with Gasteiger partial charge in [0.15, 0.2) is 12.1 Å². The topological polar surface area (TPSA) is 101 Å². The number of hydrogen-bond acceptors (Lipinski definition) is 6. The lowest BCUT2D eigenvalue weighted by molar-refractivity contribution is 0.0947. The zero-order valence-electron chi connectivity index (χ0n) is 14.6. The van der Waals surface area contributed by atoms with Gasteiger partial charge in [-0.25, -0.2) is 9.97 Å². The summed E-state index contributed by atoms with van der Waals surface area (Å²) in [7, 11) is 0. The Hall–Kier alpha value is -2.48. The highest BCUT2D eigenvalue weighted by Crippen LogP contribution is 2.25. The number of carbonyl (C=O) groups is 1. The zero-order chi connectivity index (χ0) is 18.1. The van der Waals surface area contributed by atoms with Crippen molar-refractivity contribution in [2.24, 2.45) is 0 Å². The number of rotatable bonds is 5. The van der Waals surface area contributed by atoms with Gasteiger partial charge in [0.1, 0.15) is 16.4 Å². The van der Waals surface area contributed by atoms with Crippen LogP contribution in [0.15, 0.2) is 15.6 Å². The number of aromatic nitrogens is 3. The minimum atomic E-state index is -0.288. The molecule has 2 N–H and O–H groups in total. The Morgan fingerprint density at radius 2 is 2.16 bits per heavy atom. The Bertz CT molecular complexity index is 984. The van der Waals surface area contributed by atoms with Crippen LogP contribution in [0.1, 0.15) is 52.3 Å². The summed E-state index contributed by atoms with van der Waals surface area (Å²) in [5, 5.41) is 3.45. The van der Waals surface area contributed by atoms with E-state index in [1.54, 1.807) is 0 Å². The molecule has 3 rings (SSSR count). The van der Waals surface area contributed by atoms with E-state index in [0.29, 0.717) is 35.6 Å². The predicted octanol–water partition coefficient (Wildman–Crippen LogP) is 2.69. The maximum absolute atomic E-state index is 12.2. The van der Waals surface area contributed by atoms with Crippen LogP contribution in [-0.2, 0) is 6.42 Å². The fourth-order valence-corrected chi connectivity index (χ4v) is 3.68. The van der Waals surface area contributed by atoms with Gasteiger partial charge in [0.25, 0.3) is 11.5 Å². The third-order valence-electron chi connectivity index (χ3n) is 4.07. The first-order valence-electron chi connectivity index (χ1n) is 8.09. The summed E-state index contributed by atoms with van der Waals surface area (Å²) in [6, 6.07) is 0. The van der Waals surface area contributed by atoms with Crippen molar-refractivity contribution < 1.29 is 9.21 Å². The molecular formula is C17H20N4O3S. The molecule has 132 valence electrons. The van der Waals surface area contributed by atoms with Crippen LogP contribution in [0.25, 0.3) is 10.2 Å². The van der Waals surface area contributed by atoms with Crippen molar-refractivity contribution in [1.29, 1.82) is 0 Å². The lowest BCUT2D eigenvalue weighted by atomic mass is 10.1. The summed E-state index contributed by atoms with van der Waals surface area (Å²) < 4.78 is 5.26. The molecule has 0 aliphatic heterocycles. The largest absolute Gasteiger partial charge is 0.447 e. The zero-order valence-corrected chi connectivity index (χ0v) is 15.4. The van der Waals surface area contributed by atoms with Gasteiger partial charge in [-0.1, -0.05) is 13.8 Å². The molecule has 8 heteroatoms. The molecular weight excluding hydrogens is 340 g/mol. The third-order valence-corrected chi connectivity index (χ3v) is 5.17. The maximum atomic E-state index is 12.2. The smallest absolute Gasteiger partial charge is 0.273 e. The van der Waals surface area contributed by atoms with Gasteiger partial charge < -0.3 is 14.7 Å². The number of thiophene rings is 1. The summed E-state index contributed by atoms with van der Waals surface area (Å²) in [5.74, 6) is 0.913. The molecule has 3 aromatic rings. The van der Waals surface area contributed by atoms with E-state index >= 15 is 0 Å². The predicted molar refractivity (Wildman–Crippen MR) is 96.3 cm³/mol. The fourth-order valence-electron chi connectivity index (χ4n) is 2.63. The molecule has 0 atom stereocenters. The minimum Gasteiger partial charge on any atom is -0.447 e. The second kappa shape index (κ2) is 6.79. The van der Waals surface area contributed by atoms with Crippen molar-refractivity contribution >= 4 is 27.5 Å². The van der Waals surface area contributed by atoms with Crippen molar-refractivity contribution in [2.75, 3.05) is 6.54 Å². The van der Waals surface area contributed by atoms with E-state index in [1.807, 2.05) is 27.7 Å². The molecule has 0 unspecified atom stereocenters. The Morgan fingerprint density at radius 3 is 2.88 bits per heavy atom. The molecule has 0 aliphatic carbocycles. The van der Waals surface area contributed by atoms with Gasteiger partial charge in [-0.15, -0.1) is 11.3 Å². The van der Waals surface area contributed by atoms with Crippen LogP contribution in [-0.4, -0.2) is 27.4 Å². The lowest BCUT2D eigenvalue weighted by Gasteiger charge is -2.06. The second-order valence-corrected chi connectivity index (χ2v) is 7.41. The molecule has 1 amide bonds. The first-order valence-corrected chi connectivity index (χ1v) is 8.90. The Morgan fingerprint density at radius 1 is 1.40 bits per heavy atom. The molecule has 0 aliphatic rings. The van der Waals surface area contributed by atoms with E-state index in [2.05, 4.69) is 20.3 Å². The van der Waals surface area contributed by atoms with Crippen LogP contribution in [0.3, 0.4) is 0 Å². The van der Waals surface area contributed by atoms with Gasteiger partial charge in [0.2, 0.25) is 0 Å². The van der Waals surface area contributed by atoms with E-state index in [1.165, 1.54) is 17.7 Å². The summed E-state index contributed by atoms with van der Waals surface area (Å²) >= 11 is 1.51.